The minimum Gasteiger partial charge on any atom is -0.214 e. The number of rotatable bonds is 2. The third-order valence-corrected chi connectivity index (χ3v) is 3.50. The standard InChI is InChI=1S/2C8H9.2C5H5.Ti/c2*1-2-8-6-4-3-5-7-8;2*1-2-4-5-3-1;/h2*4-7H,2H2,1H3;2*1-5H;/q4*-1;+4. The summed E-state index contributed by atoms with van der Waals surface area (Å²) in [5.41, 5.74) is 2.76. The predicted octanol–water partition coefficient (Wildman–Crippen LogP) is 6.91. The maximum absolute atomic E-state index is 2.97. The van der Waals surface area contributed by atoms with Gasteiger partial charge in [-0.25, -0.2) is 24.3 Å². The molecule has 0 N–H and O–H groups in total. The van der Waals surface area contributed by atoms with Crippen molar-refractivity contribution in [1.82, 2.24) is 0 Å². The zero-order valence-electron chi connectivity index (χ0n) is 16.3. The fraction of sp³-hybridized carbons (Fsp3) is 0.154. The first-order valence-electron chi connectivity index (χ1n) is 9.10. The van der Waals surface area contributed by atoms with E-state index in [2.05, 4.69) is 50.2 Å². The van der Waals surface area contributed by atoms with Crippen LogP contribution in [0.15, 0.2) is 109 Å². The second-order valence-electron chi connectivity index (χ2n) is 5.45. The van der Waals surface area contributed by atoms with Crippen molar-refractivity contribution >= 4 is 0 Å². The van der Waals surface area contributed by atoms with Crippen molar-refractivity contribution in [2.75, 3.05) is 0 Å². The van der Waals surface area contributed by atoms with Gasteiger partial charge in [-0.05, 0) is 0 Å². The van der Waals surface area contributed by atoms with Gasteiger partial charge in [0.1, 0.15) is 0 Å². The van der Waals surface area contributed by atoms with E-state index in [9.17, 15) is 0 Å². The minimum absolute atomic E-state index is 0. The van der Waals surface area contributed by atoms with Gasteiger partial charge in [-0.3, -0.25) is 0 Å². The Hall–Kier alpha value is -2.15. The van der Waals surface area contributed by atoms with E-state index in [-0.39, 0.29) is 21.7 Å². The van der Waals surface area contributed by atoms with E-state index in [0.717, 1.165) is 12.8 Å². The molecular weight excluding hydrogens is 360 g/mol. The van der Waals surface area contributed by atoms with Gasteiger partial charge in [0.15, 0.2) is 0 Å². The summed E-state index contributed by atoms with van der Waals surface area (Å²) in [6, 6.07) is 42.0. The van der Waals surface area contributed by atoms with Crippen LogP contribution in [0.1, 0.15) is 25.0 Å². The first-order chi connectivity index (χ1) is 12.9. The Morgan fingerprint density at radius 3 is 1.04 bits per heavy atom. The molecule has 0 bridgehead atoms. The molecule has 0 amide bonds. The molecule has 0 heterocycles. The molecule has 0 saturated carbocycles. The van der Waals surface area contributed by atoms with Gasteiger partial charge in [-0.2, -0.15) is 108 Å². The van der Waals surface area contributed by atoms with Crippen molar-refractivity contribution in [3.63, 3.8) is 0 Å². The molecule has 4 aromatic carbocycles. The molecule has 0 radical (unpaired) electrons. The summed E-state index contributed by atoms with van der Waals surface area (Å²) in [6.07, 6.45) is 2.24. The predicted molar refractivity (Wildman–Crippen MR) is 113 cm³/mol. The van der Waals surface area contributed by atoms with Crippen LogP contribution in [-0.4, -0.2) is 0 Å². The van der Waals surface area contributed by atoms with Gasteiger partial charge in [0.25, 0.3) is 0 Å². The van der Waals surface area contributed by atoms with Gasteiger partial charge in [0.05, 0.1) is 0 Å². The third kappa shape index (κ3) is 14.7. The van der Waals surface area contributed by atoms with Crippen LogP contribution < -0.4 is 0 Å². The fourth-order valence-electron chi connectivity index (χ4n) is 1.96. The molecule has 0 aliphatic carbocycles. The largest absolute Gasteiger partial charge is 4.00 e. The third-order valence-electron chi connectivity index (χ3n) is 3.50. The Labute approximate surface area is 180 Å². The quantitative estimate of drug-likeness (QED) is 0.259. The van der Waals surface area contributed by atoms with Gasteiger partial charge in [0, 0.05) is 0 Å². The van der Waals surface area contributed by atoms with Gasteiger partial charge in [-0.15, -0.1) is 0 Å². The number of benzene rings is 2. The maximum atomic E-state index is 2.97. The van der Waals surface area contributed by atoms with Crippen molar-refractivity contribution in [1.29, 1.82) is 0 Å². The van der Waals surface area contributed by atoms with Crippen LogP contribution in [0.25, 0.3) is 0 Å². The monoisotopic (exact) mass is 388 g/mol. The average molecular weight is 388 g/mol. The molecule has 0 aliphatic rings. The molecular formula is C26H28Ti. The summed E-state index contributed by atoms with van der Waals surface area (Å²) >= 11 is 0. The van der Waals surface area contributed by atoms with E-state index in [1.54, 1.807) is 0 Å². The van der Waals surface area contributed by atoms with Gasteiger partial charge < -0.3 is 0 Å². The first kappa shape index (κ1) is 24.9. The Bertz CT molecular complexity index is 595. The number of hydrogen-bond donors (Lipinski definition) is 0. The molecule has 0 unspecified atom stereocenters. The van der Waals surface area contributed by atoms with Gasteiger partial charge in [-0.1, -0.05) is 26.7 Å². The summed E-state index contributed by atoms with van der Waals surface area (Å²) in [7, 11) is 0. The van der Waals surface area contributed by atoms with Crippen molar-refractivity contribution < 1.29 is 21.7 Å². The molecule has 0 atom stereocenters. The first-order valence-corrected chi connectivity index (χ1v) is 9.10. The van der Waals surface area contributed by atoms with Crippen LogP contribution in [0.4, 0.5) is 0 Å². The Morgan fingerprint density at radius 1 is 0.593 bits per heavy atom. The van der Waals surface area contributed by atoms with Crippen LogP contribution in [0.3, 0.4) is 0 Å². The van der Waals surface area contributed by atoms with E-state index in [4.69, 9.17) is 0 Å². The molecule has 136 valence electrons. The van der Waals surface area contributed by atoms with Gasteiger partial charge >= 0.3 is 21.7 Å². The molecule has 1 heteroatoms. The molecule has 0 saturated heterocycles. The van der Waals surface area contributed by atoms with Crippen LogP contribution >= 0.6 is 0 Å². The normalized spacial score (nSPS) is 8.37. The van der Waals surface area contributed by atoms with E-state index in [1.807, 2.05) is 84.9 Å². The summed E-state index contributed by atoms with van der Waals surface area (Å²) in [5, 5.41) is 0. The molecule has 27 heavy (non-hydrogen) atoms. The number of aryl methyl sites for hydroxylation is 2. The number of hydrogen-bond acceptors (Lipinski definition) is 0. The maximum Gasteiger partial charge on any atom is 4.00 e. The zero-order chi connectivity index (χ0) is 18.7. The van der Waals surface area contributed by atoms with Crippen molar-refractivity contribution in [2.24, 2.45) is 0 Å². The molecule has 0 aliphatic heterocycles. The summed E-state index contributed by atoms with van der Waals surface area (Å²) in [5.74, 6) is 0. The van der Waals surface area contributed by atoms with E-state index in [1.165, 1.54) is 11.1 Å². The summed E-state index contributed by atoms with van der Waals surface area (Å²) in [6.45, 7) is 4.30. The second kappa shape index (κ2) is 18.6. The topological polar surface area (TPSA) is 0 Å². The average Bonchev–Trinajstić information content (AvgIpc) is 3.48. The minimum atomic E-state index is 0. The van der Waals surface area contributed by atoms with Crippen molar-refractivity contribution in [3.05, 3.63) is 132 Å². The second-order valence-corrected chi connectivity index (χ2v) is 5.45. The Kier molecular flexibility index (Phi) is 17.2. The van der Waals surface area contributed by atoms with Crippen molar-refractivity contribution in [2.45, 2.75) is 26.7 Å². The fourth-order valence-corrected chi connectivity index (χ4v) is 1.96. The molecule has 0 aromatic heterocycles. The van der Waals surface area contributed by atoms with Crippen LogP contribution in [0.2, 0.25) is 0 Å². The van der Waals surface area contributed by atoms with E-state index < -0.39 is 0 Å². The van der Waals surface area contributed by atoms with E-state index >= 15 is 0 Å². The SMILES string of the molecule is CCc1cc[c-]cc1.CCc1cc[c-]cc1.[Ti+4].c1cc[cH-]c1.c1cc[cH-]c1. The van der Waals surface area contributed by atoms with Crippen LogP contribution in [0.5, 0.6) is 0 Å². The summed E-state index contributed by atoms with van der Waals surface area (Å²) < 4.78 is 0. The van der Waals surface area contributed by atoms with E-state index in [0.29, 0.717) is 0 Å². The Morgan fingerprint density at radius 2 is 0.889 bits per heavy atom. The summed E-state index contributed by atoms with van der Waals surface area (Å²) in [4.78, 5) is 0. The smallest absolute Gasteiger partial charge is 0.214 e. The van der Waals surface area contributed by atoms with Crippen LogP contribution in [-0.2, 0) is 34.6 Å². The molecule has 0 fully saturated rings. The molecule has 4 aromatic rings. The molecule has 0 nitrogen and oxygen atoms in total. The van der Waals surface area contributed by atoms with Crippen molar-refractivity contribution in [3.8, 4) is 0 Å². The molecule has 4 rings (SSSR count). The zero-order valence-corrected chi connectivity index (χ0v) is 17.9. The van der Waals surface area contributed by atoms with Gasteiger partial charge in [0.2, 0.25) is 0 Å². The van der Waals surface area contributed by atoms with Crippen LogP contribution in [0, 0.1) is 12.1 Å². The molecule has 0 spiro atoms. The Balaban J connectivity index is 0.000000337.